The monoisotopic (exact) mass is 308 g/mol. The number of nitrogens with zero attached hydrogens (tertiary/aromatic N) is 3. The summed E-state index contributed by atoms with van der Waals surface area (Å²) in [5, 5.41) is 4.64. The molecule has 0 radical (unpaired) electrons. The van der Waals surface area contributed by atoms with Crippen LogP contribution in [0.15, 0.2) is 11.2 Å². The third-order valence-corrected chi connectivity index (χ3v) is 5.03. The van der Waals surface area contributed by atoms with Crippen LogP contribution in [0.1, 0.15) is 43.5 Å². The van der Waals surface area contributed by atoms with Crippen LogP contribution in [0.5, 0.6) is 0 Å². The van der Waals surface area contributed by atoms with Crippen molar-refractivity contribution in [3.8, 4) is 0 Å². The molecular weight excluding hydrogens is 280 g/mol. The number of aliphatic imine (C=N–C) groups is 1. The molecule has 0 amide bonds. The molecule has 0 bridgehead atoms. The van der Waals surface area contributed by atoms with Crippen molar-refractivity contribution in [1.29, 1.82) is 0 Å². The van der Waals surface area contributed by atoms with Gasteiger partial charge in [-0.3, -0.25) is 4.99 Å². The fraction of sp³-hybridized carbons (Fsp3) is 0.750. The summed E-state index contributed by atoms with van der Waals surface area (Å²) in [7, 11) is 0. The lowest BCUT2D eigenvalue weighted by Gasteiger charge is -2.33. The number of hydrogen-bond donors (Lipinski definition) is 1. The molecule has 0 aromatic carbocycles. The van der Waals surface area contributed by atoms with Crippen LogP contribution in [0.25, 0.3) is 0 Å². The lowest BCUT2D eigenvalue weighted by molar-refractivity contribution is 0.266. The van der Waals surface area contributed by atoms with Gasteiger partial charge in [0.2, 0.25) is 0 Å². The molecule has 2 heterocycles. The third kappa shape index (κ3) is 4.99. The summed E-state index contributed by atoms with van der Waals surface area (Å²) in [6.07, 6.45) is 6.65. The van der Waals surface area contributed by atoms with Crippen molar-refractivity contribution in [3.63, 3.8) is 0 Å². The number of aryl methyl sites for hydroxylation is 1. The van der Waals surface area contributed by atoms with E-state index >= 15 is 0 Å². The number of guanidine groups is 1. The van der Waals surface area contributed by atoms with Crippen molar-refractivity contribution >= 4 is 17.3 Å². The largest absolute Gasteiger partial charge is 0.357 e. The summed E-state index contributed by atoms with van der Waals surface area (Å²) in [4.78, 5) is 13.0. The van der Waals surface area contributed by atoms with Crippen LogP contribution in [0.2, 0.25) is 0 Å². The number of hydrogen-bond acceptors (Lipinski definition) is 3. The number of piperidine rings is 1. The number of thiazole rings is 1. The molecule has 21 heavy (non-hydrogen) atoms. The molecule has 0 aliphatic carbocycles. The van der Waals surface area contributed by atoms with E-state index in [1.807, 2.05) is 17.5 Å². The first-order valence-electron chi connectivity index (χ1n) is 8.19. The predicted molar refractivity (Wildman–Crippen MR) is 91.1 cm³/mol. The molecule has 1 saturated heterocycles. The highest BCUT2D eigenvalue weighted by Crippen LogP contribution is 2.16. The van der Waals surface area contributed by atoms with Gasteiger partial charge in [-0.2, -0.15) is 0 Å². The van der Waals surface area contributed by atoms with Crippen LogP contribution < -0.4 is 5.32 Å². The van der Waals surface area contributed by atoms with Gasteiger partial charge >= 0.3 is 0 Å². The highest BCUT2D eigenvalue weighted by atomic mass is 32.1. The zero-order valence-corrected chi connectivity index (χ0v) is 14.4. The summed E-state index contributed by atoms with van der Waals surface area (Å²) in [5.74, 6) is 1.85. The topological polar surface area (TPSA) is 40.5 Å². The summed E-state index contributed by atoms with van der Waals surface area (Å²) < 4.78 is 0. The van der Waals surface area contributed by atoms with E-state index in [-0.39, 0.29) is 0 Å². The van der Waals surface area contributed by atoms with Gasteiger partial charge in [-0.15, -0.1) is 11.3 Å². The van der Waals surface area contributed by atoms with Crippen LogP contribution in [0.4, 0.5) is 0 Å². The Balaban J connectivity index is 1.90. The highest BCUT2D eigenvalue weighted by Gasteiger charge is 2.18. The van der Waals surface area contributed by atoms with Gasteiger partial charge < -0.3 is 10.2 Å². The Morgan fingerprint density at radius 2 is 2.38 bits per heavy atom. The fourth-order valence-corrected chi connectivity index (χ4v) is 3.54. The second kappa shape index (κ2) is 8.37. The molecule has 4 nitrogen and oxygen atoms in total. The van der Waals surface area contributed by atoms with Gasteiger partial charge in [-0.25, -0.2) is 4.98 Å². The Bertz CT molecular complexity index is 455. The van der Waals surface area contributed by atoms with Crippen LogP contribution >= 0.6 is 11.3 Å². The Morgan fingerprint density at radius 1 is 1.52 bits per heavy atom. The highest BCUT2D eigenvalue weighted by molar-refractivity contribution is 7.11. The number of rotatable bonds is 5. The van der Waals surface area contributed by atoms with Crippen molar-refractivity contribution in [3.05, 3.63) is 16.1 Å². The van der Waals surface area contributed by atoms with Crippen LogP contribution in [0.3, 0.4) is 0 Å². The van der Waals surface area contributed by atoms with Crippen molar-refractivity contribution in [2.75, 3.05) is 26.2 Å². The van der Waals surface area contributed by atoms with E-state index in [4.69, 9.17) is 4.99 Å². The molecule has 1 atom stereocenters. The van der Waals surface area contributed by atoms with Gasteiger partial charge in [0, 0.05) is 43.7 Å². The molecule has 1 fully saturated rings. The molecular formula is C16H28N4S. The molecule has 2 rings (SSSR count). The van der Waals surface area contributed by atoms with E-state index in [9.17, 15) is 0 Å². The molecule has 1 aromatic heterocycles. The Morgan fingerprint density at radius 3 is 3.05 bits per heavy atom. The number of nitrogens with one attached hydrogen (secondary N) is 1. The Kier molecular flexibility index (Phi) is 6.49. The lowest BCUT2D eigenvalue weighted by Crippen LogP contribution is -2.46. The second-order valence-electron chi connectivity index (χ2n) is 5.75. The minimum atomic E-state index is 0.772. The molecule has 0 saturated carbocycles. The van der Waals surface area contributed by atoms with E-state index in [1.165, 1.54) is 22.7 Å². The summed E-state index contributed by atoms with van der Waals surface area (Å²) >= 11 is 1.82. The first kappa shape index (κ1) is 16.3. The molecule has 1 N–H and O–H groups in total. The zero-order valence-electron chi connectivity index (χ0n) is 13.6. The average molecular weight is 308 g/mol. The van der Waals surface area contributed by atoms with E-state index in [0.717, 1.165) is 50.9 Å². The molecule has 1 aliphatic heterocycles. The summed E-state index contributed by atoms with van der Waals surface area (Å²) in [6.45, 7) is 10.7. The van der Waals surface area contributed by atoms with Crippen molar-refractivity contribution in [2.45, 2.75) is 46.5 Å². The molecule has 1 aromatic rings. The minimum Gasteiger partial charge on any atom is -0.357 e. The predicted octanol–water partition coefficient (Wildman–Crippen LogP) is 2.95. The van der Waals surface area contributed by atoms with E-state index in [2.05, 4.69) is 36.0 Å². The first-order valence-corrected chi connectivity index (χ1v) is 9.01. The summed E-state index contributed by atoms with van der Waals surface area (Å²) in [5.41, 5.74) is 0. The third-order valence-electron chi connectivity index (χ3n) is 3.83. The lowest BCUT2D eigenvalue weighted by atomic mass is 10.0. The van der Waals surface area contributed by atoms with Crippen LogP contribution in [-0.2, 0) is 12.8 Å². The van der Waals surface area contributed by atoms with Gasteiger partial charge in [-0.05, 0) is 32.1 Å². The molecule has 1 aliphatic rings. The molecule has 0 spiro atoms. The Hall–Kier alpha value is -1.10. The maximum absolute atomic E-state index is 4.80. The van der Waals surface area contributed by atoms with Gasteiger partial charge in [0.25, 0.3) is 0 Å². The van der Waals surface area contributed by atoms with Crippen molar-refractivity contribution < 1.29 is 0 Å². The van der Waals surface area contributed by atoms with Crippen LogP contribution in [0, 0.1) is 5.92 Å². The average Bonchev–Trinajstić information content (AvgIpc) is 2.94. The SMILES string of the molecule is CCNC(=NCCc1ncc(CC)s1)N1CCCC(C)C1. The Labute approximate surface area is 132 Å². The van der Waals surface area contributed by atoms with Crippen LogP contribution in [-0.4, -0.2) is 42.0 Å². The number of aromatic nitrogens is 1. The standard InChI is InChI=1S/C16H28N4S/c1-4-14-11-19-15(21-14)8-9-18-16(17-5-2)20-10-6-7-13(3)12-20/h11,13H,4-10,12H2,1-3H3,(H,17,18). The smallest absolute Gasteiger partial charge is 0.193 e. The normalized spacial score (nSPS) is 19.9. The maximum atomic E-state index is 4.80. The minimum absolute atomic E-state index is 0.772. The molecule has 5 heteroatoms. The zero-order chi connectivity index (χ0) is 15.1. The maximum Gasteiger partial charge on any atom is 0.193 e. The molecule has 1 unspecified atom stereocenters. The summed E-state index contributed by atoms with van der Waals surface area (Å²) in [6, 6.07) is 0. The quantitative estimate of drug-likeness (QED) is 0.671. The fourth-order valence-electron chi connectivity index (χ4n) is 2.69. The second-order valence-corrected chi connectivity index (χ2v) is 6.95. The van der Waals surface area contributed by atoms with Crippen molar-refractivity contribution in [1.82, 2.24) is 15.2 Å². The number of likely N-dealkylation sites (tertiary alicyclic amines) is 1. The van der Waals surface area contributed by atoms with Gasteiger partial charge in [0.05, 0.1) is 5.01 Å². The van der Waals surface area contributed by atoms with Gasteiger partial charge in [-0.1, -0.05) is 13.8 Å². The van der Waals surface area contributed by atoms with Gasteiger partial charge in [0.1, 0.15) is 0 Å². The van der Waals surface area contributed by atoms with Gasteiger partial charge in [0.15, 0.2) is 5.96 Å². The van der Waals surface area contributed by atoms with E-state index in [0.29, 0.717) is 0 Å². The first-order chi connectivity index (χ1) is 10.2. The van der Waals surface area contributed by atoms with Crippen molar-refractivity contribution in [2.24, 2.45) is 10.9 Å². The molecule has 118 valence electrons. The van der Waals surface area contributed by atoms with E-state index in [1.54, 1.807) is 0 Å². The van der Waals surface area contributed by atoms with E-state index < -0.39 is 0 Å².